The van der Waals surface area contributed by atoms with E-state index in [4.69, 9.17) is 0 Å². The van der Waals surface area contributed by atoms with Gasteiger partial charge in [0.2, 0.25) is 15.9 Å². The summed E-state index contributed by atoms with van der Waals surface area (Å²) in [5.41, 5.74) is 2.68. The van der Waals surface area contributed by atoms with Crippen molar-refractivity contribution in [3.05, 3.63) is 35.4 Å². The summed E-state index contributed by atoms with van der Waals surface area (Å²) in [6.07, 6.45) is 3.30. The van der Waals surface area contributed by atoms with Crippen molar-refractivity contribution in [2.45, 2.75) is 31.6 Å². The van der Waals surface area contributed by atoms with Crippen molar-refractivity contribution in [2.75, 3.05) is 26.4 Å². The first kappa shape index (κ1) is 17.0. The standard InChI is InChI=1S/C16H24N2O3S/c1-18(2)22(20,21)11-10-16(19)17-12-14-8-5-7-13-6-3-4-9-15(13)14/h3-4,6,9,14H,5,7-8,10-12H2,1-2H3,(H,17,19)/t14-/m1/s1. The zero-order valence-corrected chi connectivity index (χ0v) is 14.0. The molecule has 122 valence electrons. The molecule has 0 fully saturated rings. The van der Waals surface area contributed by atoms with Crippen molar-refractivity contribution >= 4 is 15.9 Å². The third-order valence-electron chi connectivity index (χ3n) is 4.18. The van der Waals surface area contributed by atoms with Gasteiger partial charge in [-0.15, -0.1) is 0 Å². The van der Waals surface area contributed by atoms with Crippen LogP contribution in [0.15, 0.2) is 24.3 Å². The average molecular weight is 324 g/mol. The van der Waals surface area contributed by atoms with Gasteiger partial charge in [0.15, 0.2) is 0 Å². The Bertz CT molecular complexity index is 626. The lowest BCUT2D eigenvalue weighted by molar-refractivity contribution is -0.120. The Kier molecular flexibility index (Phi) is 5.58. The van der Waals surface area contributed by atoms with Crippen LogP contribution in [0.25, 0.3) is 0 Å². The van der Waals surface area contributed by atoms with E-state index in [-0.39, 0.29) is 18.1 Å². The van der Waals surface area contributed by atoms with Crippen LogP contribution in [0.2, 0.25) is 0 Å². The number of sulfonamides is 1. The van der Waals surface area contributed by atoms with E-state index in [2.05, 4.69) is 17.4 Å². The molecule has 0 unspecified atom stereocenters. The monoisotopic (exact) mass is 324 g/mol. The molecule has 1 aromatic carbocycles. The van der Waals surface area contributed by atoms with Crippen molar-refractivity contribution in [3.63, 3.8) is 0 Å². The molecule has 1 atom stereocenters. The maximum Gasteiger partial charge on any atom is 0.221 e. The van der Waals surface area contributed by atoms with Gasteiger partial charge in [-0.3, -0.25) is 4.79 Å². The summed E-state index contributed by atoms with van der Waals surface area (Å²) >= 11 is 0. The third-order valence-corrected chi connectivity index (χ3v) is 6.02. The maximum absolute atomic E-state index is 11.9. The second kappa shape index (κ2) is 7.24. The fourth-order valence-corrected chi connectivity index (χ4v) is 3.60. The maximum atomic E-state index is 11.9. The molecule has 1 aliphatic carbocycles. The highest BCUT2D eigenvalue weighted by Gasteiger charge is 2.21. The summed E-state index contributed by atoms with van der Waals surface area (Å²) in [5.74, 6) is -0.0135. The van der Waals surface area contributed by atoms with E-state index in [9.17, 15) is 13.2 Å². The number of nitrogens with one attached hydrogen (secondary N) is 1. The van der Waals surface area contributed by atoms with Crippen LogP contribution in [0, 0.1) is 0 Å². The fraction of sp³-hybridized carbons (Fsp3) is 0.562. The zero-order chi connectivity index (χ0) is 16.2. The Balaban J connectivity index is 1.85. The quantitative estimate of drug-likeness (QED) is 0.862. The molecule has 0 spiro atoms. The van der Waals surface area contributed by atoms with E-state index in [1.807, 2.05) is 12.1 Å². The number of carbonyl (C=O) groups excluding carboxylic acids is 1. The zero-order valence-electron chi connectivity index (χ0n) is 13.2. The summed E-state index contributed by atoms with van der Waals surface area (Å²) in [6.45, 7) is 0.581. The Morgan fingerprint density at radius 1 is 1.32 bits per heavy atom. The summed E-state index contributed by atoms with van der Waals surface area (Å²) < 4.78 is 24.5. The summed E-state index contributed by atoms with van der Waals surface area (Å²) in [5, 5.41) is 2.88. The number of fused-ring (bicyclic) bond motifs is 1. The molecule has 0 aliphatic heterocycles. The van der Waals surface area contributed by atoms with Crippen LogP contribution >= 0.6 is 0 Å². The number of aryl methyl sites for hydroxylation is 1. The van der Waals surface area contributed by atoms with Crippen LogP contribution in [-0.4, -0.2) is 45.0 Å². The highest BCUT2D eigenvalue weighted by Crippen LogP contribution is 2.30. The first-order valence-corrected chi connectivity index (χ1v) is 9.26. The largest absolute Gasteiger partial charge is 0.355 e. The summed E-state index contributed by atoms with van der Waals surface area (Å²) in [6, 6.07) is 8.35. The van der Waals surface area contributed by atoms with Gasteiger partial charge in [0.05, 0.1) is 5.75 Å². The molecule has 1 N–H and O–H groups in total. The first-order chi connectivity index (χ1) is 10.4. The number of hydrogen-bond donors (Lipinski definition) is 1. The Morgan fingerprint density at radius 2 is 2.05 bits per heavy atom. The third kappa shape index (κ3) is 4.30. The molecular formula is C16H24N2O3S. The summed E-state index contributed by atoms with van der Waals surface area (Å²) in [7, 11) is -0.356. The SMILES string of the molecule is CN(C)S(=O)(=O)CCC(=O)NC[C@H]1CCCc2ccccc21. The predicted octanol–water partition coefficient (Wildman–Crippen LogP) is 1.50. The minimum absolute atomic E-state index is 0.00881. The normalized spacial score (nSPS) is 18.0. The lowest BCUT2D eigenvalue weighted by atomic mass is 9.83. The van der Waals surface area contributed by atoms with Crippen LogP contribution < -0.4 is 5.32 Å². The smallest absolute Gasteiger partial charge is 0.221 e. The van der Waals surface area contributed by atoms with Gasteiger partial charge in [-0.2, -0.15) is 0 Å². The Morgan fingerprint density at radius 3 is 2.77 bits per heavy atom. The molecule has 0 saturated heterocycles. The van der Waals surface area contributed by atoms with Gasteiger partial charge in [-0.05, 0) is 30.4 Å². The van der Waals surface area contributed by atoms with Gasteiger partial charge in [0.1, 0.15) is 0 Å². The highest BCUT2D eigenvalue weighted by atomic mass is 32.2. The Labute approximate surface area is 132 Å². The highest BCUT2D eigenvalue weighted by molar-refractivity contribution is 7.89. The molecule has 0 saturated carbocycles. The van der Waals surface area contributed by atoms with E-state index in [0.29, 0.717) is 12.5 Å². The average Bonchev–Trinajstić information content (AvgIpc) is 2.50. The lowest BCUT2D eigenvalue weighted by Crippen LogP contribution is -2.33. The first-order valence-electron chi connectivity index (χ1n) is 7.65. The van der Waals surface area contributed by atoms with Gasteiger partial charge in [-0.1, -0.05) is 24.3 Å². The van der Waals surface area contributed by atoms with Crippen LogP contribution in [0.5, 0.6) is 0 Å². The Hall–Kier alpha value is -1.40. The lowest BCUT2D eigenvalue weighted by Gasteiger charge is -2.25. The topological polar surface area (TPSA) is 66.5 Å². The van der Waals surface area contributed by atoms with Crippen molar-refractivity contribution in [2.24, 2.45) is 0 Å². The minimum Gasteiger partial charge on any atom is -0.355 e. The second-order valence-electron chi connectivity index (χ2n) is 5.94. The second-order valence-corrected chi connectivity index (χ2v) is 8.24. The molecule has 1 aliphatic rings. The van der Waals surface area contributed by atoms with Crippen LogP contribution in [0.3, 0.4) is 0 Å². The van der Waals surface area contributed by atoms with Crippen LogP contribution in [0.4, 0.5) is 0 Å². The van der Waals surface area contributed by atoms with Gasteiger partial charge < -0.3 is 5.32 Å². The fourth-order valence-electron chi connectivity index (χ4n) is 2.80. The molecule has 5 nitrogen and oxygen atoms in total. The van der Waals surface area contributed by atoms with Crippen molar-refractivity contribution in [1.29, 1.82) is 0 Å². The van der Waals surface area contributed by atoms with Gasteiger partial charge in [0, 0.05) is 33.0 Å². The van der Waals surface area contributed by atoms with E-state index < -0.39 is 10.0 Å². The van der Waals surface area contributed by atoms with Crippen molar-refractivity contribution < 1.29 is 13.2 Å². The molecular weight excluding hydrogens is 300 g/mol. The van der Waals surface area contributed by atoms with Crippen molar-refractivity contribution in [1.82, 2.24) is 9.62 Å². The van der Waals surface area contributed by atoms with Crippen LogP contribution in [0.1, 0.15) is 36.3 Å². The molecule has 6 heteroatoms. The minimum atomic E-state index is -3.31. The van der Waals surface area contributed by atoms with Gasteiger partial charge >= 0.3 is 0 Å². The molecule has 1 amide bonds. The van der Waals surface area contributed by atoms with E-state index in [0.717, 1.165) is 23.6 Å². The van der Waals surface area contributed by atoms with E-state index >= 15 is 0 Å². The number of benzene rings is 1. The number of amides is 1. The van der Waals surface area contributed by atoms with Gasteiger partial charge in [-0.25, -0.2) is 12.7 Å². The molecule has 22 heavy (non-hydrogen) atoms. The summed E-state index contributed by atoms with van der Waals surface area (Å²) in [4.78, 5) is 11.9. The molecule has 2 rings (SSSR count). The molecule has 0 radical (unpaired) electrons. The predicted molar refractivity (Wildman–Crippen MR) is 87.2 cm³/mol. The van der Waals surface area contributed by atoms with E-state index in [1.165, 1.54) is 25.2 Å². The number of rotatable bonds is 6. The van der Waals surface area contributed by atoms with Gasteiger partial charge in [0.25, 0.3) is 0 Å². The number of nitrogens with zero attached hydrogens (tertiary/aromatic N) is 1. The molecule has 0 heterocycles. The molecule has 0 aromatic heterocycles. The molecule has 1 aromatic rings. The van der Waals surface area contributed by atoms with Crippen LogP contribution in [-0.2, 0) is 21.2 Å². The molecule has 0 bridgehead atoms. The van der Waals surface area contributed by atoms with Crippen molar-refractivity contribution in [3.8, 4) is 0 Å². The van der Waals surface area contributed by atoms with E-state index in [1.54, 1.807) is 0 Å². The number of carbonyl (C=O) groups is 1. The number of hydrogen-bond acceptors (Lipinski definition) is 3.